The summed E-state index contributed by atoms with van der Waals surface area (Å²) >= 11 is 5.90. The van der Waals surface area contributed by atoms with Crippen LogP contribution in [0, 0.1) is 0 Å². The van der Waals surface area contributed by atoms with Crippen molar-refractivity contribution in [3.63, 3.8) is 0 Å². The minimum absolute atomic E-state index is 0.0503. The fourth-order valence-electron chi connectivity index (χ4n) is 2.38. The molecule has 0 aliphatic carbocycles. The van der Waals surface area contributed by atoms with Gasteiger partial charge in [-0.1, -0.05) is 37.1 Å². The maximum Gasteiger partial charge on any atom is 0.355 e. The fourth-order valence-corrected chi connectivity index (χ4v) is 2.51. The summed E-state index contributed by atoms with van der Waals surface area (Å²) in [6, 6.07) is 13.7. The van der Waals surface area contributed by atoms with Crippen LogP contribution in [0.25, 0.3) is 6.08 Å². The first-order valence-electron chi connectivity index (χ1n) is 9.61. The second kappa shape index (κ2) is 11.3. The highest BCUT2D eigenvalue weighted by molar-refractivity contribution is 6.30. The zero-order valence-electron chi connectivity index (χ0n) is 16.9. The van der Waals surface area contributed by atoms with E-state index in [1.165, 1.54) is 0 Å². The second-order valence-electron chi connectivity index (χ2n) is 6.74. The quantitative estimate of drug-likeness (QED) is 0.345. The summed E-state index contributed by atoms with van der Waals surface area (Å²) in [5, 5.41) is 3.23. The number of halogens is 1. The summed E-state index contributed by atoms with van der Waals surface area (Å²) in [5.41, 5.74) is 1.17. The monoisotopic (exact) mass is 415 g/mol. The molecule has 2 aromatic carbocycles. The van der Waals surface area contributed by atoms with Crippen molar-refractivity contribution in [3.8, 4) is 5.75 Å². The van der Waals surface area contributed by atoms with E-state index < -0.39 is 11.9 Å². The van der Waals surface area contributed by atoms with Crippen LogP contribution in [-0.2, 0) is 9.53 Å². The number of esters is 1. The zero-order valence-corrected chi connectivity index (χ0v) is 17.7. The molecule has 29 heavy (non-hydrogen) atoms. The fraction of sp³-hybridized carbons (Fsp3) is 0.304. The van der Waals surface area contributed by atoms with Gasteiger partial charge in [0.15, 0.2) is 0 Å². The highest BCUT2D eigenvalue weighted by Crippen LogP contribution is 2.15. The van der Waals surface area contributed by atoms with E-state index in [4.69, 9.17) is 21.1 Å². The second-order valence-corrected chi connectivity index (χ2v) is 7.18. The Morgan fingerprint density at radius 3 is 2.31 bits per heavy atom. The van der Waals surface area contributed by atoms with Gasteiger partial charge in [-0.3, -0.25) is 4.79 Å². The van der Waals surface area contributed by atoms with Crippen LogP contribution >= 0.6 is 11.6 Å². The largest absolute Gasteiger partial charge is 0.494 e. The summed E-state index contributed by atoms with van der Waals surface area (Å²) in [5.74, 6) is -0.319. The van der Waals surface area contributed by atoms with Gasteiger partial charge in [0, 0.05) is 10.6 Å². The summed E-state index contributed by atoms with van der Waals surface area (Å²) in [7, 11) is 0. The lowest BCUT2D eigenvalue weighted by Crippen LogP contribution is -2.29. The molecule has 0 saturated heterocycles. The normalized spacial score (nSPS) is 11.3. The number of carbonyl (C=O) groups excluding carboxylic acids is 2. The molecule has 154 valence electrons. The number of benzene rings is 2. The highest BCUT2D eigenvalue weighted by atomic mass is 35.5. The van der Waals surface area contributed by atoms with Crippen LogP contribution < -0.4 is 10.1 Å². The Balaban J connectivity index is 2.15. The maximum absolute atomic E-state index is 12.6. The van der Waals surface area contributed by atoms with Crippen molar-refractivity contribution < 1.29 is 19.1 Å². The van der Waals surface area contributed by atoms with Gasteiger partial charge in [-0.15, -0.1) is 0 Å². The van der Waals surface area contributed by atoms with E-state index >= 15 is 0 Å². The van der Waals surface area contributed by atoms with Gasteiger partial charge >= 0.3 is 5.97 Å². The number of amides is 1. The van der Waals surface area contributed by atoms with Crippen LogP contribution in [0.3, 0.4) is 0 Å². The number of unbranched alkanes of at least 4 members (excludes halogenated alkanes) is 1. The van der Waals surface area contributed by atoms with Gasteiger partial charge in [-0.2, -0.15) is 0 Å². The predicted octanol–water partition coefficient (Wildman–Crippen LogP) is 5.24. The first-order valence-corrected chi connectivity index (χ1v) is 9.99. The third kappa shape index (κ3) is 7.62. The molecule has 0 aliphatic rings. The molecule has 0 spiro atoms. The van der Waals surface area contributed by atoms with Gasteiger partial charge in [0.05, 0.1) is 12.7 Å². The molecule has 0 saturated carbocycles. The summed E-state index contributed by atoms with van der Waals surface area (Å²) in [4.78, 5) is 25.1. The number of hydrogen-bond donors (Lipinski definition) is 1. The van der Waals surface area contributed by atoms with Gasteiger partial charge in [-0.05, 0) is 68.3 Å². The summed E-state index contributed by atoms with van der Waals surface area (Å²) in [6.07, 6.45) is 3.27. The number of ether oxygens (including phenoxy) is 2. The molecule has 0 radical (unpaired) electrons. The van der Waals surface area contributed by atoms with Crippen molar-refractivity contribution in [1.82, 2.24) is 5.32 Å². The third-order valence-electron chi connectivity index (χ3n) is 3.87. The molecule has 0 aromatic heterocycles. The Hall–Kier alpha value is -2.79. The Bertz CT molecular complexity index is 842. The minimum atomic E-state index is -0.609. The molecule has 6 heteroatoms. The van der Waals surface area contributed by atoms with E-state index in [1.807, 2.05) is 0 Å². The first-order chi connectivity index (χ1) is 13.9. The molecule has 1 N–H and O–H groups in total. The van der Waals surface area contributed by atoms with E-state index in [-0.39, 0.29) is 11.8 Å². The lowest BCUT2D eigenvalue weighted by Gasteiger charge is -2.13. The SMILES string of the molecule is CCCCOc1ccc(C(=O)NC(=Cc2ccc(Cl)cc2)C(=O)OC(C)C)cc1. The van der Waals surface area contributed by atoms with E-state index in [1.54, 1.807) is 68.5 Å². The van der Waals surface area contributed by atoms with E-state index in [2.05, 4.69) is 12.2 Å². The molecule has 0 heterocycles. The number of hydrogen-bond acceptors (Lipinski definition) is 4. The first kappa shape index (κ1) is 22.5. The average Bonchev–Trinajstić information content (AvgIpc) is 2.69. The molecular weight excluding hydrogens is 390 g/mol. The van der Waals surface area contributed by atoms with Gasteiger partial charge < -0.3 is 14.8 Å². The smallest absolute Gasteiger partial charge is 0.355 e. The molecule has 0 fully saturated rings. The Labute approximate surface area is 176 Å². The van der Waals surface area contributed by atoms with Crippen LogP contribution in [0.2, 0.25) is 5.02 Å². The minimum Gasteiger partial charge on any atom is -0.494 e. The van der Waals surface area contributed by atoms with Crippen molar-refractivity contribution in [1.29, 1.82) is 0 Å². The van der Waals surface area contributed by atoms with Crippen LogP contribution in [0.4, 0.5) is 0 Å². The van der Waals surface area contributed by atoms with Crippen molar-refractivity contribution in [2.24, 2.45) is 0 Å². The molecule has 0 atom stereocenters. The van der Waals surface area contributed by atoms with E-state index in [9.17, 15) is 9.59 Å². The van der Waals surface area contributed by atoms with Crippen molar-refractivity contribution in [3.05, 3.63) is 70.4 Å². The lowest BCUT2D eigenvalue weighted by atomic mass is 10.1. The van der Waals surface area contributed by atoms with Gasteiger partial charge in [0.25, 0.3) is 5.91 Å². The van der Waals surface area contributed by atoms with Crippen molar-refractivity contribution in [2.75, 3.05) is 6.61 Å². The van der Waals surface area contributed by atoms with E-state index in [0.717, 1.165) is 12.8 Å². The van der Waals surface area contributed by atoms with Gasteiger partial charge in [-0.25, -0.2) is 4.79 Å². The average molecular weight is 416 g/mol. The highest BCUT2D eigenvalue weighted by Gasteiger charge is 2.17. The standard InChI is InChI=1S/C23H26ClNO4/c1-4-5-14-28-20-12-8-18(9-13-20)22(26)25-21(23(27)29-16(2)3)15-17-6-10-19(24)11-7-17/h6-13,15-16H,4-5,14H2,1-3H3,(H,25,26). The van der Waals surface area contributed by atoms with Crippen LogP contribution in [0.15, 0.2) is 54.2 Å². The maximum atomic E-state index is 12.6. The number of nitrogens with one attached hydrogen (secondary N) is 1. The molecule has 0 unspecified atom stereocenters. The van der Waals surface area contributed by atoms with Gasteiger partial charge in [0.2, 0.25) is 0 Å². The third-order valence-corrected chi connectivity index (χ3v) is 4.13. The molecule has 1 amide bonds. The summed E-state index contributed by atoms with van der Waals surface area (Å²) in [6.45, 7) is 6.22. The number of rotatable bonds is 9. The Morgan fingerprint density at radius 2 is 1.72 bits per heavy atom. The van der Waals surface area contributed by atoms with E-state index in [0.29, 0.717) is 28.5 Å². The number of carbonyl (C=O) groups is 2. The molecule has 0 aliphatic heterocycles. The Kier molecular flexibility index (Phi) is 8.74. The molecular formula is C23H26ClNO4. The zero-order chi connectivity index (χ0) is 21.2. The predicted molar refractivity (Wildman–Crippen MR) is 115 cm³/mol. The topological polar surface area (TPSA) is 64.6 Å². The Morgan fingerprint density at radius 1 is 1.07 bits per heavy atom. The van der Waals surface area contributed by atoms with Crippen molar-refractivity contribution >= 4 is 29.6 Å². The summed E-state index contributed by atoms with van der Waals surface area (Å²) < 4.78 is 10.9. The van der Waals surface area contributed by atoms with Crippen LogP contribution in [-0.4, -0.2) is 24.6 Å². The van der Waals surface area contributed by atoms with Crippen molar-refractivity contribution in [2.45, 2.75) is 39.7 Å². The molecule has 2 aromatic rings. The van der Waals surface area contributed by atoms with Gasteiger partial charge in [0.1, 0.15) is 11.4 Å². The van der Waals surface area contributed by atoms with Crippen LogP contribution in [0.5, 0.6) is 5.75 Å². The molecule has 2 rings (SSSR count). The molecule has 5 nitrogen and oxygen atoms in total. The van der Waals surface area contributed by atoms with Crippen LogP contribution in [0.1, 0.15) is 49.5 Å². The lowest BCUT2D eigenvalue weighted by molar-refractivity contribution is -0.142. The molecule has 0 bridgehead atoms.